The number of carbonyl (C=O) groups excluding carboxylic acids is 2. The fourth-order valence-corrected chi connectivity index (χ4v) is 4.67. The van der Waals surface area contributed by atoms with E-state index in [0.717, 1.165) is 40.7 Å². The van der Waals surface area contributed by atoms with Crippen LogP contribution >= 0.6 is 0 Å². The zero-order chi connectivity index (χ0) is 24.9. The number of alkyl carbamates (subject to hydrolysis) is 1. The SMILES string of the molecule is CC(C)=CCC(NC(=O)OCC1c2ccccc2-c2ccccc21)C(=O)NC(CC(=O)O)C1CC1. The Morgan fingerprint density at radius 3 is 2.14 bits per heavy atom. The number of benzene rings is 2. The molecule has 2 aromatic rings. The standard InChI is InChI=1S/C28H32N2O5/c1-17(2)11-14-24(27(33)29-25(15-26(31)32)18-12-13-18)30-28(34)35-16-23-21-9-5-3-7-19(21)20-8-4-6-10-22(20)23/h3-11,18,23-25H,12-16H2,1-2H3,(H,29,33)(H,30,34)(H,31,32). The van der Waals surface area contributed by atoms with Crippen molar-refractivity contribution < 1.29 is 24.2 Å². The van der Waals surface area contributed by atoms with E-state index in [0.29, 0.717) is 6.42 Å². The largest absolute Gasteiger partial charge is 0.481 e. The quantitative estimate of drug-likeness (QED) is 0.434. The molecule has 0 saturated heterocycles. The number of hydrogen-bond acceptors (Lipinski definition) is 4. The highest BCUT2D eigenvalue weighted by Crippen LogP contribution is 2.44. The van der Waals surface area contributed by atoms with Crippen molar-refractivity contribution in [2.45, 2.75) is 57.5 Å². The Hall–Kier alpha value is -3.61. The van der Waals surface area contributed by atoms with Crippen LogP contribution in [0.15, 0.2) is 60.2 Å². The number of nitrogens with one attached hydrogen (secondary N) is 2. The Kier molecular flexibility index (Phi) is 7.54. The van der Waals surface area contributed by atoms with Gasteiger partial charge in [-0.3, -0.25) is 9.59 Å². The number of carboxylic acid groups (broad SMARTS) is 1. The molecular formula is C28H32N2O5. The number of allylic oxidation sites excluding steroid dienone is 1. The average Bonchev–Trinajstić information content (AvgIpc) is 3.62. The van der Waals surface area contributed by atoms with Gasteiger partial charge in [0.1, 0.15) is 12.6 Å². The first kappa shape index (κ1) is 24.5. The summed E-state index contributed by atoms with van der Waals surface area (Å²) >= 11 is 0. The summed E-state index contributed by atoms with van der Waals surface area (Å²) in [4.78, 5) is 37.0. The molecule has 2 unspecified atom stereocenters. The molecule has 1 fully saturated rings. The summed E-state index contributed by atoms with van der Waals surface area (Å²) in [6.07, 6.45) is 3.17. The Morgan fingerprint density at radius 2 is 1.60 bits per heavy atom. The zero-order valence-electron chi connectivity index (χ0n) is 20.1. The zero-order valence-corrected chi connectivity index (χ0v) is 20.1. The van der Waals surface area contributed by atoms with Gasteiger partial charge in [-0.15, -0.1) is 0 Å². The normalized spacial score (nSPS) is 15.8. The van der Waals surface area contributed by atoms with Gasteiger partial charge in [0.2, 0.25) is 5.91 Å². The lowest BCUT2D eigenvalue weighted by Crippen LogP contribution is -2.50. The van der Waals surface area contributed by atoms with E-state index < -0.39 is 30.1 Å². The lowest BCUT2D eigenvalue weighted by Gasteiger charge is -2.22. The highest BCUT2D eigenvalue weighted by molar-refractivity contribution is 5.86. The highest BCUT2D eigenvalue weighted by Gasteiger charge is 2.35. The maximum absolute atomic E-state index is 13.0. The number of amides is 2. The van der Waals surface area contributed by atoms with Gasteiger partial charge in [-0.05, 0) is 61.3 Å². The summed E-state index contributed by atoms with van der Waals surface area (Å²) in [7, 11) is 0. The van der Waals surface area contributed by atoms with Crippen molar-refractivity contribution in [3.05, 3.63) is 71.3 Å². The molecule has 2 atom stereocenters. The summed E-state index contributed by atoms with van der Waals surface area (Å²) in [5.74, 6) is -1.25. The molecule has 35 heavy (non-hydrogen) atoms. The van der Waals surface area contributed by atoms with Gasteiger partial charge in [0.15, 0.2) is 0 Å². The van der Waals surface area contributed by atoms with Crippen LogP contribution in [0.3, 0.4) is 0 Å². The molecule has 0 aromatic heterocycles. The second kappa shape index (κ2) is 10.8. The average molecular weight is 477 g/mol. The molecule has 0 bridgehead atoms. The minimum Gasteiger partial charge on any atom is -0.481 e. The number of rotatable bonds is 10. The van der Waals surface area contributed by atoms with E-state index in [-0.39, 0.29) is 24.9 Å². The molecular weight excluding hydrogens is 444 g/mol. The fourth-order valence-electron chi connectivity index (χ4n) is 4.67. The van der Waals surface area contributed by atoms with E-state index in [4.69, 9.17) is 4.74 Å². The van der Waals surface area contributed by atoms with Gasteiger partial charge in [-0.2, -0.15) is 0 Å². The van der Waals surface area contributed by atoms with E-state index in [1.165, 1.54) is 0 Å². The van der Waals surface area contributed by atoms with Gasteiger partial charge < -0.3 is 20.5 Å². The van der Waals surface area contributed by atoms with E-state index in [1.807, 2.05) is 56.3 Å². The molecule has 2 aliphatic carbocycles. The van der Waals surface area contributed by atoms with Gasteiger partial charge in [-0.25, -0.2) is 4.79 Å². The van der Waals surface area contributed by atoms with Gasteiger partial charge in [0.05, 0.1) is 6.42 Å². The van der Waals surface area contributed by atoms with Crippen molar-refractivity contribution in [3.63, 3.8) is 0 Å². The molecule has 184 valence electrons. The monoisotopic (exact) mass is 476 g/mol. The van der Waals surface area contributed by atoms with Gasteiger partial charge in [-0.1, -0.05) is 60.2 Å². The third-order valence-corrected chi connectivity index (χ3v) is 6.63. The van der Waals surface area contributed by atoms with Crippen molar-refractivity contribution in [1.82, 2.24) is 10.6 Å². The van der Waals surface area contributed by atoms with Gasteiger partial charge in [0.25, 0.3) is 0 Å². The van der Waals surface area contributed by atoms with Crippen LogP contribution in [0.1, 0.15) is 56.6 Å². The molecule has 0 spiro atoms. The first-order valence-electron chi connectivity index (χ1n) is 12.1. The molecule has 1 saturated carbocycles. The van der Waals surface area contributed by atoms with Crippen LogP contribution in [0.5, 0.6) is 0 Å². The first-order chi connectivity index (χ1) is 16.8. The van der Waals surface area contributed by atoms with E-state index in [2.05, 4.69) is 22.8 Å². The minimum atomic E-state index is -0.951. The predicted molar refractivity (Wildman–Crippen MR) is 133 cm³/mol. The number of ether oxygens (including phenoxy) is 1. The van der Waals surface area contributed by atoms with Crippen molar-refractivity contribution in [2.24, 2.45) is 5.92 Å². The maximum Gasteiger partial charge on any atom is 0.407 e. The van der Waals surface area contributed by atoms with Crippen LogP contribution in [0.2, 0.25) is 0 Å². The van der Waals surface area contributed by atoms with Gasteiger partial charge in [0, 0.05) is 12.0 Å². The Balaban J connectivity index is 1.41. The number of carboxylic acids is 1. The van der Waals surface area contributed by atoms with Crippen LogP contribution in [0.25, 0.3) is 11.1 Å². The maximum atomic E-state index is 13.0. The van der Waals surface area contributed by atoms with Crippen LogP contribution in [-0.2, 0) is 14.3 Å². The second-order valence-electron chi connectivity index (χ2n) is 9.59. The van der Waals surface area contributed by atoms with Crippen molar-refractivity contribution in [1.29, 1.82) is 0 Å². The number of carbonyl (C=O) groups is 3. The summed E-state index contributed by atoms with van der Waals surface area (Å²) in [6.45, 7) is 3.99. The smallest absolute Gasteiger partial charge is 0.407 e. The van der Waals surface area contributed by atoms with Crippen LogP contribution in [0.4, 0.5) is 4.79 Å². The predicted octanol–water partition coefficient (Wildman–Crippen LogP) is 4.62. The second-order valence-corrected chi connectivity index (χ2v) is 9.59. The van der Waals surface area contributed by atoms with Crippen LogP contribution in [-0.4, -0.2) is 41.8 Å². The topological polar surface area (TPSA) is 105 Å². The first-order valence-corrected chi connectivity index (χ1v) is 12.1. The Labute approximate surface area is 205 Å². The summed E-state index contributed by atoms with van der Waals surface area (Å²) in [5, 5.41) is 14.7. The highest BCUT2D eigenvalue weighted by atomic mass is 16.5. The molecule has 2 amide bonds. The molecule has 0 radical (unpaired) electrons. The molecule has 4 rings (SSSR count). The molecule has 2 aliphatic rings. The molecule has 7 heteroatoms. The molecule has 0 heterocycles. The summed E-state index contributed by atoms with van der Waals surface area (Å²) < 4.78 is 5.61. The van der Waals surface area contributed by atoms with Crippen molar-refractivity contribution in [3.8, 4) is 11.1 Å². The van der Waals surface area contributed by atoms with Crippen molar-refractivity contribution >= 4 is 18.0 Å². The van der Waals surface area contributed by atoms with E-state index in [9.17, 15) is 19.5 Å². The Morgan fingerprint density at radius 1 is 1.00 bits per heavy atom. The number of hydrogen-bond donors (Lipinski definition) is 3. The van der Waals surface area contributed by atoms with E-state index in [1.54, 1.807) is 0 Å². The van der Waals surface area contributed by atoms with Gasteiger partial charge >= 0.3 is 12.1 Å². The molecule has 2 aromatic carbocycles. The van der Waals surface area contributed by atoms with Crippen molar-refractivity contribution in [2.75, 3.05) is 6.61 Å². The molecule has 3 N–H and O–H groups in total. The summed E-state index contributed by atoms with van der Waals surface area (Å²) in [5.41, 5.74) is 5.52. The number of aliphatic carboxylic acids is 1. The molecule has 7 nitrogen and oxygen atoms in total. The third kappa shape index (κ3) is 6.10. The minimum absolute atomic E-state index is 0.0759. The number of fused-ring (bicyclic) bond motifs is 3. The third-order valence-electron chi connectivity index (χ3n) is 6.63. The van der Waals surface area contributed by atoms with E-state index >= 15 is 0 Å². The summed E-state index contributed by atoms with van der Waals surface area (Å²) in [6, 6.07) is 14.9. The lowest BCUT2D eigenvalue weighted by molar-refractivity contribution is -0.138. The van der Waals surface area contributed by atoms with Crippen LogP contribution in [0, 0.1) is 5.92 Å². The molecule has 0 aliphatic heterocycles. The fraction of sp³-hybridized carbons (Fsp3) is 0.393. The van der Waals surface area contributed by atoms with Crippen LogP contribution < -0.4 is 10.6 Å². The lowest BCUT2D eigenvalue weighted by atomic mass is 9.98. The Bertz CT molecular complexity index is 1090.